The number of hydrogen-bond acceptors (Lipinski definition) is 3. The Morgan fingerprint density at radius 3 is 2.09 bits per heavy atom. The van der Waals surface area contributed by atoms with Gasteiger partial charge in [-0.15, -0.1) is 0 Å². The van der Waals surface area contributed by atoms with E-state index in [0.717, 1.165) is 24.3 Å². The first-order valence-corrected chi connectivity index (χ1v) is 9.19. The Kier molecular flexibility index (Phi) is 5.80. The van der Waals surface area contributed by atoms with Crippen molar-refractivity contribution >= 4 is 33.5 Å². The lowest BCUT2D eigenvalue weighted by Crippen LogP contribution is -2.21. The third-order valence-corrected chi connectivity index (χ3v) is 4.98. The molecule has 0 atom stereocenters. The minimum Gasteiger partial charge on any atom is -0.372 e. The highest BCUT2D eigenvalue weighted by atomic mass is 35.5. The van der Waals surface area contributed by atoms with Crippen LogP contribution in [0.2, 0.25) is 5.02 Å². The zero-order valence-electron chi connectivity index (χ0n) is 13.1. The van der Waals surface area contributed by atoms with Gasteiger partial charge in [0, 0.05) is 30.0 Å². The third kappa shape index (κ3) is 4.56. The van der Waals surface area contributed by atoms with Crippen LogP contribution in [0.4, 0.5) is 5.69 Å². The number of rotatable bonds is 6. The van der Waals surface area contributed by atoms with Crippen LogP contribution < -0.4 is 4.90 Å². The van der Waals surface area contributed by atoms with Crippen LogP contribution in [0.5, 0.6) is 0 Å². The van der Waals surface area contributed by atoms with Gasteiger partial charge < -0.3 is 4.90 Å². The molecule has 0 saturated carbocycles. The second kappa shape index (κ2) is 7.62. The summed E-state index contributed by atoms with van der Waals surface area (Å²) in [4.78, 5) is 2.34. The summed E-state index contributed by atoms with van der Waals surface area (Å²) in [5.41, 5.74) is 1.84. The van der Waals surface area contributed by atoms with Crippen LogP contribution in [0.3, 0.4) is 0 Å². The minimum absolute atomic E-state index is 0.123. The molecular formula is C17H19ClN2O2S. The van der Waals surface area contributed by atoms with Crippen LogP contribution in [0, 0.1) is 0 Å². The first-order valence-electron chi connectivity index (χ1n) is 7.37. The molecule has 2 aromatic carbocycles. The van der Waals surface area contributed by atoms with Crippen molar-refractivity contribution in [1.29, 1.82) is 0 Å². The minimum atomic E-state index is -3.71. The lowest BCUT2D eigenvalue weighted by Gasteiger charge is -2.20. The van der Waals surface area contributed by atoms with Crippen molar-refractivity contribution in [3.63, 3.8) is 0 Å². The van der Waals surface area contributed by atoms with E-state index in [1.165, 1.54) is 30.5 Å². The summed E-state index contributed by atoms with van der Waals surface area (Å²) in [6, 6.07) is 13.6. The normalized spacial score (nSPS) is 11.8. The highest BCUT2D eigenvalue weighted by Crippen LogP contribution is 2.17. The van der Waals surface area contributed by atoms with Gasteiger partial charge in [0.1, 0.15) is 0 Å². The maximum Gasteiger partial charge on any atom is 0.282 e. The van der Waals surface area contributed by atoms with Crippen molar-refractivity contribution < 1.29 is 8.42 Å². The Morgan fingerprint density at radius 2 is 1.57 bits per heavy atom. The van der Waals surface area contributed by atoms with Gasteiger partial charge in [-0.05, 0) is 55.8 Å². The highest BCUT2D eigenvalue weighted by Gasteiger charge is 2.11. The number of anilines is 1. The molecular weight excluding hydrogens is 332 g/mol. The molecule has 4 nitrogen and oxygen atoms in total. The molecule has 122 valence electrons. The highest BCUT2D eigenvalue weighted by molar-refractivity contribution is 7.90. The summed E-state index contributed by atoms with van der Waals surface area (Å²) in [6.07, 6.45) is 1.36. The van der Waals surface area contributed by atoms with Gasteiger partial charge in [0.25, 0.3) is 10.0 Å². The SMILES string of the molecule is CCN(CC)c1ccc(/C=N/S(=O)(=O)c2ccc(Cl)cc2)cc1. The van der Waals surface area contributed by atoms with E-state index in [1.54, 1.807) is 0 Å². The van der Waals surface area contributed by atoms with E-state index >= 15 is 0 Å². The standard InChI is InChI=1S/C17H19ClN2O2S/c1-3-20(4-2)16-9-5-14(6-10-16)13-19-23(21,22)17-11-7-15(18)8-12-17/h5-13H,3-4H2,1-2H3/b19-13+. The van der Waals surface area contributed by atoms with E-state index in [1.807, 2.05) is 24.3 Å². The van der Waals surface area contributed by atoms with Crippen molar-refractivity contribution in [3.05, 3.63) is 59.1 Å². The van der Waals surface area contributed by atoms with E-state index in [-0.39, 0.29) is 4.90 Å². The van der Waals surface area contributed by atoms with Crippen molar-refractivity contribution in [2.75, 3.05) is 18.0 Å². The molecule has 0 aliphatic rings. The molecule has 2 rings (SSSR count). The van der Waals surface area contributed by atoms with Crippen molar-refractivity contribution in [3.8, 4) is 0 Å². The second-order valence-corrected chi connectivity index (χ2v) is 7.00. The summed E-state index contributed by atoms with van der Waals surface area (Å²) >= 11 is 5.76. The zero-order valence-corrected chi connectivity index (χ0v) is 14.7. The smallest absolute Gasteiger partial charge is 0.282 e. The van der Waals surface area contributed by atoms with Crippen LogP contribution in [-0.2, 0) is 10.0 Å². The van der Waals surface area contributed by atoms with Gasteiger partial charge in [-0.2, -0.15) is 12.8 Å². The molecule has 0 N–H and O–H groups in total. The number of halogens is 1. The molecule has 0 radical (unpaired) electrons. The quantitative estimate of drug-likeness (QED) is 0.740. The van der Waals surface area contributed by atoms with E-state index in [0.29, 0.717) is 5.02 Å². The molecule has 0 spiro atoms. The molecule has 0 bridgehead atoms. The average Bonchev–Trinajstić information content (AvgIpc) is 2.56. The summed E-state index contributed by atoms with van der Waals surface area (Å²) in [5, 5.41) is 0.486. The van der Waals surface area contributed by atoms with Crippen LogP contribution in [0.25, 0.3) is 0 Å². The van der Waals surface area contributed by atoms with Crippen LogP contribution >= 0.6 is 11.6 Å². The second-order valence-electron chi connectivity index (χ2n) is 4.93. The Labute approximate surface area is 142 Å². The molecule has 6 heteroatoms. The summed E-state index contributed by atoms with van der Waals surface area (Å²) in [6.45, 7) is 6.04. The lowest BCUT2D eigenvalue weighted by atomic mass is 10.2. The predicted octanol–water partition coefficient (Wildman–Crippen LogP) is 3.99. The van der Waals surface area contributed by atoms with Crippen LogP contribution in [0.15, 0.2) is 57.8 Å². The van der Waals surface area contributed by atoms with Crippen molar-refractivity contribution in [2.24, 2.45) is 4.40 Å². The van der Waals surface area contributed by atoms with E-state index < -0.39 is 10.0 Å². The first kappa shape index (κ1) is 17.5. The number of benzene rings is 2. The van der Waals surface area contributed by atoms with Crippen molar-refractivity contribution in [2.45, 2.75) is 18.7 Å². The van der Waals surface area contributed by atoms with Gasteiger partial charge in [0.05, 0.1) is 4.90 Å². The van der Waals surface area contributed by atoms with Gasteiger partial charge in [0.2, 0.25) is 0 Å². The molecule has 0 aliphatic heterocycles. The molecule has 0 heterocycles. The van der Waals surface area contributed by atoms with Gasteiger partial charge in [-0.1, -0.05) is 23.7 Å². The molecule has 0 aliphatic carbocycles. The number of hydrogen-bond donors (Lipinski definition) is 0. The average molecular weight is 351 g/mol. The van der Waals surface area contributed by atoms with Crippen molar-refractivity contribution in [1.82, 2.24) is 0 Å². The number of sulfonamides is 1. The maximum atomic E-state index is 12.1. The zero-order chi connectivity index (χ0) is 16.9. The number of nitrogens with zero attached hydrogens (tertiary/aromatic N) is 2. The Balaban J connectivity index is 2.17. The van der Waals surface area contributed by atoms with E-state index in [2.05, 4.69) is 23.1 Å². The molecule has 0 saturated heterocycles. The summed E-state index contributed by atoms with van der Waals surface area (Å²) < 4.78 is 28.0. The molecule has 2 aromatic rings. The fraction of sp³-hybridized carbons (Fsp3) is 0.235. The van der Waals surface area contributed by atoms with Crippen LogP contribution in [0.1, 0.15) is 19.4 Å². The van der Waals surface area contributed by atoms with Gasteiger partial charge in [-0.3, -0.25) is 0 Å². The van der Waals surface area contributed by atoms with E-state index in [4.69, 9.17) is 11.6 Å². The fourth-order valence-electron chi connectivity index (χ4n) is 2.16. The largest absolute Gasteiger partial charge is 0.372 e. The molecule has 0 fully saturated rings. The van der Waals surface area contributed by atoms with Gasteiger partial charge in [-0.25, -0.2) is 0 Å². The van der Waals surface area contributed by atoms with Gasteiger partial charge >= 0.3 is 0 Å². The van der Waals surface area contributed by atoms with E-state index in [9.17, 15) is 8.42 Å². The Hall–Kier alpha value is -1.85. The molecule has 0 aromatic heterocycles. The lowest BCUT2D eigenvalue weighted by molar-refractivity contribution is 0.598. The molecule has 23 heavy (non-hydrogen) atoms. The predicted molar refractivity (Wildman–Crippen MR) is 96.2 cm³/mol. The first-order chi connectivity index (χ1) is 11.0. The Bertz CT molecular complexity index is 765. The summed E-state index contributed by atoms with van der Waals surface area (Å²) in [5.74, 6) is 0. The van der Waals surface area contributed by atoms with Crippen LogP contribution in [-0.4, -0.2) is 27.7 Å². The molecule has 0 amide bonds. The summed E-state index contributed by atoms with van der Waals surface area (Å²) in [7, 11) is -3.71. The Morgan fingerprint density at radius 1 is 1.00 bits per heavy atom. The fourth-order valence-corrected chi connectivity index (χ4v) is 3.15. The monoisotopic (exact) mass is 350 g/mol. The topological polar surface area (TPSA) is 49.7 Å². The van der Waals surface area contributed by atoms with Gasteiger partial charge in [0.15, 0.2) is 0 Å². The maximum absolute atomic E-state index is 12.1. The molecule has 0 unspecified atom stereocenters. The third-order valence-electron chi connectivity index (χ3n) is 3.47.